The molecule has 0 aliphatic rings. The monoisotopic (exact) mass is 426 g/mol. The standard InChI is InChI=1S/C25H34N2S2/c1-2-3-4-5-6-7-8-9-10-16-21-27(22-17-12-11-13-18-22)29-25-26-23-19-14-15-20-24(23)28-25/h11-15,17-20H,2-10,16,21H2,1H3. The van der Waals surface area contributed by atoms with Crippen molar-refractivity contribution in [3.05, 3.63) is 54.6 Å². The number of fused-ring (bicyclic) bond motifs is 1. The summed E-state index contributed by atoms with van der Waals surface area (Å²) in [5.41, 5.74) is 2.37. The van der Waals surface area contributed by atoms with Crippen molar-refractivity contribution in [3.8, 4) is 0 Å². The summed E-state index contributed by atoms with van der Waals surface area (Å²) in [7, 11) is 0. The number of rotatable bonds is 14. The molecule has 29 heavy (non-hydrogen) atoms. The lowest BCUT2D eigenvalue weighted by Gasteiger charge is -2.22. The van der Waals surface area contributed by atoms with Gasteiger partial charge in [0.1, 0.15) is 0 Å². The first-order valence-electron chi connectivity index (χ1n) is 11.2. The maximum Gasteiger partial charge on any atom is 0.171 e. The van der Waals surface area contributed by atoms with E-state index < -0.39 is 0 Å². The van der Waals surface area contributed by atoms with Gasteiger partial charge in [0.2, 0.25) is 0 Å². The minimum atomic E-state index is 1.07. The number of benzene rings is 2. The van der Waals surface area contributed by atoms with E-state index in [2.05, 4.69) is 65.8 Å². The zero-order valence-electron chi connectivity index (χ0n) is 17.7. The van der Waals surface area contributed by atoms with Gasteiger partial charge in [0.15, 0.2) is 4.34 Å². The maximum absolute atomic E-state index is 4.82. The first kappa shape index (κ1) is 22.2. The Hall–Kier alpha value is -1.52. The van der Waals surface area contributed by atoms with Gasteiger partial charge in [0.25, 0.3) is 0 Å². The van der Waals surface area contributed by atoms with E-state index in [1.54, 1.807) is 23.3 Å². The number of aromatic nitrogens is 1. The molecular formula is C25H34N2S2. The summed E-state index contributed by atoms with van der Waals surface area (Å²) in [6, 6.07) is 19.2. The molecule has 2 nitrogen and oxygen atoms in total. The number of hydrogen-bond donors (Lipinski definition) is 0. The predicted octanol–water partition coefficient (Wildman–Crippen LogP) is 8.73. The van der Waals surface area contributed by atoms with Crippen molar-refractivity contribution in [2.75, 3.05) is 10.8 Å². The van der Waals surface area contributed by atoms with Crippen LogP contribution in [0.1, 0.15) is 71.1 Å². The molecule has 0 atom stereocenters. The molecule has 1 aromatic heterocycles. The lowest BCUT2D eigenvalue weighted by atomic mass is 10.1. The first-order valence-corrected chi connectivity index (χ1v) is 12.8. The van der Waals surface area contributed by atoms with E-state index in [1.165, 1.54) is 74.6 Å². The molecule has 0 N–H and O–H groups in total. The summed E-state index contributed by atoms with van der Waals surface area (Å²) in [4.78, 5) is 4.82. The number of hydrogen-bond acceptors (Lipinski definition) is 4. The molecule has 0 bridgehead atoms. The Morgan fingerprint density at radius 2 is 1.38 bits per heavy atom. The van der Waals surface area contributed by atoms with Gasteiger partial charge in [0, 0.05) is 24.2 Å². The van der Waals surface area contributed by atoms with Crippen LogP contribution in [0, 0.1) is 0 Å². The van der Waals surface area contributed by atoms with Crippen LogP contribution in [0.4, 0.5) is 5.69 Å². The summed E-state index contributed by atoms with van der Waals surface area (Å²) >= 11 is 3.58. The Bertz CT molecular complexity index is 783. The van der Waals surface area contributed by atoms with Gasteiger partial charge in [0.05, 0.1) is 10.2 Å². The van der Waals surface area contributed by atoms with Gasteiger partial charge < -0.3 is 4.31 Å². The molecule has 0 aliphatic carbocycles. The minimum absolute atomic E-state index is 1.07. The summed E-state index contributed by atoms with van der Waals surface area (Å²) in [5, 5.41) is 0. The fraction of sp³-hybridized carbons (Fsp3) is 0.480. The van der Waals surface area contributed by atoms with Crippen LogP contribution >= 0.6 is 23.3 Å². The maximum atomic E-state index is 4.82. The second kappa shape index (κ2) is 12.9. The largest absolute Gasteiger partial charge is 0.310 e. The van der Waals surface area contributed by atoms with Crippen molar-refractivity contribution in [1.29, 1.82) is 0 Å². The van der Waals surface area contributed by atoms with Gasteiger partial charge >= 0.3 is 0 Å². The summed E-state index contributed by atoms with van der Waals surface area (Å²) in [6.07, 6.45) is 13.7. The fourth-order valence-electron chi connectivity index (χ4n) is 3.55. The van der Waals surface area contributed by atoms with Gasteiger partial charge in [-0.15, -0.1) is 11.3 Å². The Morgan fingerprint density at radius 3 is 2.07 bits per heavy atom. The molecule has 0 saturated carbocycles. The lowest BCUT2D eigenvalue weighted by Crippen LogP contribution is -2.15. The SMILES string of the molecule is CCCCCCCCCCCCN(Sc1nc2ccccc2s1)c1ccccc1. The van der Waals surface area contributed by atoms with Crippen LogP contribution in [0.2, 0.25) is 0 Å². The first-order chi connectivity index (χ1) is 14.4. The van der Waals surface area contributed by atoms with Gasteiger partial charge in [-0.05, 0) is 30.7 Å². The molecule has 0 fully saturated rings. The minimum Gasteiger partial charge on any atom is -0.310 e. The van der Waals surface area contributed by atoms with Crippen LogP contribution in [0.15, 0.2) is 58.9 Å². The van der Waals surface area contributed by atoms with Crippen molar-refractivity contribution in [2.24, 2.45) is 0 Å². The normalized spacial score (nSPS) is 11.2. The molecular weight excluding hydrogens is 392 g/mol. The molecule has 156 valence electrons. The van der Waals surface area contributed by atoms with Gasteiger partial charge in [-0.2, -0.15) is 0 Å². The topological polar surface area (TPSA) is 16.1 Å². The molecule has 2 aromatic carbocycles. The van der Waals surface area contributed by atoms with Crippen molar-refractivity contribution in [1.82, 2.24) is 4.98 Å². The highest BCUT2D eigenvalue weighted by Gasteiger charge is 2.12. The zero-order valence-corrected chi connectivity index (χ0v) is 19.3. The highest BCUT2D eigenvalue weighted by Crippen LogP contribution is 2.34. The van der Waals surface area contributed by atoms with E-state index in [-0.39, 0.29) is 0 Å². The predicted molar refractivity (Wildman–Crippen MR) is 131 cm³/mol. The number of unbranched alkanes of at least 4 members (excludes halogenated alkanes) is 9. The van der Waals surface area contributed by atoms with Crippen LogP contribution in [0.25, 0.3) is 10.2 Å². The number of thiazole rings is 1. The second-order valence-electron chi connectivity index (χ2n) is 7.66. The molecule has 3 aromatic rings. The third kappa shape index (κ3) is 7.67. The molecule has 0 saturated heterocycles. The number of para-hydroxylation sites is 2. The van der Waals surface area contributed by atoms with E-state index in [4.69, 9.17) is 4.98 Å². The number of nitrogens with zero attached hydrogens (tertiary/aromatic N) is 2. The Morgan fingerprint density at radius 1 is 0.759 bits per heavy atom. The van der Waals surface area contributed by atoms with E-state index in [0.717, 1.165) is 16.4 Å². The Balaban J connectivity index is 1.44. The van der Waals surface area contributed by atoms with Gasteiger partial charge in [-0.1, -0.05) is 95.0 Å². The van der Waals surface area contributed by atoms with Crippen molar-refractivity contribution in [3.63, 3.8) is 0 Å². The third-order valence-corrected chi connectivity index (χ3v) is 7.39. The summed E-state index contributed by atoms with van der Waals surface area (Å²) in [5.74, 6) is 0. The van der Waals surface area contributed by atoms with Crippen LogP contribution in [0.3, 0.4) is 0 Å². The average Bonchev–Trinajstić information content (AvgIpc) is 3.17. The summed E-state index contributed by atoms with van der Waals surface area (Å²) in [6.45, 7) is 3.36. The molecule has 1 heterocycles. The van der Waals surface area contributed by atoms with Gasteiger partial charge in [-0.3, -0.25) is 0 Å². The van der Waals surface area contributed by atoms with Crippen molar-refractivity contribution < 1.29 is 0 Å². The van der Waals surface area contributed by atoms with Crippen molar-refractivity contribution in [2.45, 2.75) is 75.5 Å². The zero-order chi connectivity index (χ0) is 20.2. The number of anilines is 1. The molecule has 0 amide bonds. The third-order valence-electron chi connectivity index (χ3n) is 5.22. The smallest absolute Gasteiger partial charge is 0.171 e. The van der Waals surface area contributed by atoms with Crippen molar-refractivity contribution >= 4 is 39.2 Å². The molecule has 0 spiro atoms. The van der Waals surface area contributed by atoms with Crippen LogP contribution < -0.4 is 4.31 Å². The van der Waals surface area contributed by atoms with Crippen LogP contribution in [-0.2, 0) is 0 Å². The van der Waals surface area contributed by atoms with Crippen LogP contribution in [0.5, 0.6) is 0 Å². The lowest BCUT2D eigenvalue weighted by molar-refractivity contribution is 0.558. The average molecular weight is 427 g/mol. The molecule has 3 rings (SSSR count). The molecule has 0 unspecified atom stereocenters. The van der Waals surface area contributed by atoms with E-state index in [0.29, 0.717) is 0 Å². The quantitative estimate of drug-likeness (QED) is 0.189. The Labute approximate surface area is 184 Å². The van der Waals surface area contributed by atoms with E-state index >= 15 is 0 Å². The highest BCUT2D eigenvalue weighted by atomic mass is 32.2. The van der Waals surface area contributed by atoms with E-state index in [1.807, 2.05) is 0 Å². The van der Waals surface area contributed by atoms with Crippen LogP contribution in [-0.4, -0.2) is 11.5 Å². The Kier molecular flexibility index (Phi) is 9.88. The van der Waals surface area contributed by atoms with Gasteiger partial charge in [-0.25, -0.2) is 4.98 Å². The molecule has 4 heteroatoms. The molecule has 0 aliphatic heterocycles. The summed E-state index contributed by atoms with van der Waals surface area (Å²) < 4.78 is 4.81. The molecule has 0 radical (unpaired) electrons. The van der Waals surface area contributed by atoms with E-state index in [9.17, 15) is 0 Å². The fourth-order valence-corrected chi connectivity index (χ4v) is 5.71. The second-order valence-corrected chi connectivity index (χ2v) is 9.96. The highest BCUT2D eigenvalue weighted by molar-refractivity contribution is 8.02.